The van der Waals surface area contributed by atoms with Crippen LogP contribution in [-0.2, 0) is 26.9 Å². The molecule has 5 nitrogen and oxygen atoms in total. The van der Waals surface area contributed by atoms with Gasteiger partial charge < -0.3 is 10.5 Å². The van der Waals surface area contributed by atoms with Crippen LogP contribution in [0.3, 0.4) is 0 Å². The summed E-state index contributed by atoms with van der Waals surface area (Å²) in [5.74, 6) is 0.00418. The SMILES string of the molecule is CC(CN)(NS(=O)(=O)CCCOCc1ccccc1)c1ccccc1. The van der Waals surface area contributed by atoms with Crippen LogP contribution in [0.4, 0.5) is 0 Å². The number of rotatable bonds is 10. The number of benzene rings is 2. The molecular formula is C19H26N2O3S. The van der Waals surface area contributed by atoms with E-state index in [1.807, 2.05) is 60.7 Å². The maximum absolute atomic E-state index is 12.4. The van der Waals surface area contributed by atoms with Crippen LogP contribution in [0.5, 0.6) is 0 Å². The van der Waals surface area contributed by atoms with Crippen molar-refractivity contribution in [1.29, 1.82) is 0 Å². The van der Waals surface area contributed by atoms with Crippen molar-refractivity contribution >= 4 is 10.0 Å². The van der Waals surface area contributed by atoms with Gasteiger partial charge in [0, 0.05) is 13.2 Å². The minimum absolute atomic E-state index is 0.00418. The molecule has 25 heavy (non-hydrogen) atoms. The van der Waals surface area contributed by atoms with Crippen LogP contribution in [0, 0.1) is 0 Å². The third-order valence-electron chi connectivity index (χ3n) is 4.01. The van der Waals surface area contributed by atoms with Crippen LogP contribution in [0.2, 0.25) is 0 Å². The van der Waals surface area contributed by atoms with E-state index >= 15 is 0 Å². The van der Waals surface area contributed by atoms with Crippen LogP contribution < -0.4 is 10.5 Å². The van der Waals surface area contributed by atoms with E-state index in [1.165, 1.54) is 0 Å². The summed E-state index contributed by atoms with van der Waals surface area (Å²) in [5, 5.41) is 0. The van der Waals surface area contributed by atoms with Crippen LogP contribution in [0.25, 0.3) is 0 Å². The maximum atomic E-state index is 12.4. The molecule has 0 fully saturated rings. The first-order valence-corrected chi connectivity index (χ1v) is 9.99. The molecule has 0 aliphatic heterocycles. The largest absolute Gasteiger partial charge is 0.377 e. The molecule has 2 aromatic carbocycles. The second kappa shape index (κ2) is 9.10. The predicted molar refractivity (Wildman–Crippen MR) is 100 cm³/mol. The fourth-order valence-electron chi connectivity index (χ4n) is 2.53. The molecule has 0 bridgehead atoms. The van der Waals surface area contributed by atoms with Crippen molar-refractivity contribution in [2.45, 2.75) is 25.5 Å². The highest BCUT2D eigenvalue weighted by Gasteiger charge is 2.29. The zero-order valence-electron chi connectivity index (χ0n) is 14.5. The number of hydrogen-bond donors (Lipinski definition) is 2. The first-order valence-electron chi connectivity index (χ1n) is 8.34. The lowest BCUT2D eigenvalue weighted by Gasteiger charge is -2.29. The lowest BCUT2D eigenvalue weighted by Crippen LogP contribution is -2.49. The second-order valence-electron chi connectivity index (χ2n) is 6.21. The van der Waals surface area contributed by atoms with E-state index in [-0.39, 0.29) is 12.3 Å². The molecule has 0 aromatic heterocycles. The van der Waals surface area contributed by atoms with Gasteiger partial charge in [-0.25, -0.2) is 13.1 Å². The Labute approximate surface area is 150 Å². The molecule has 0 radical (unpaired) electrons. The van der Waals surface area contributed by atoms with Crippen LogP contribution in [0.1, 0.15) is 24.5 Å². The van der Waals surface area contributed by atoms with Crippen molar-refractivity contribution in [3.8, 4) is 0 Å². The molecule has 136 valence electrons. The van der Waals surface area contributed by atoms with Crippen molar-refractivity contribution in [2.24, 2.45) is 5.73 Å². The molecule has 3 N–H and O–H groups in total. The molecular weight excluding hydrogens is 336 g/mol. The van der Waals surface area contributed by atoms with E-state index in [1.54, 1.807) is 6.92 Å². The minimum Gasteiger partial charge on any atom is -0.377 e. The maximum Gasteiger partial charge on any atom is 0.212 e. The predicted octanol–water partition coefficient (Wildman–Crippen LogP) is 2.39. The zero-order valence-corrected chi connectivity index (χ0v) is 15.3. The van der Waals surface area contributed by atoms with Gasteiger partial charge in [-0.3, -0.25) is 0 Å². The molecule has 1 unspecified atom stereocenters. The topological polar surface area (TPSA) is 81.4 Å². The highest BCUT2D eigenvalue weighted by Crippen LogP contribution is 2.20. The summed E-state index contributed by atoms with van der Waals surface area (Å²) in [6, 6.07) is 19.2. The first-order chi connectivity index (χ1) is 12.0. The van der Waals surface area contributed by atoms with Crippen molar-refractivity contribution in [3.05, 3.63) is 71.8 Å². The standard InChI is InChI=1S/C19H26N2O3S/c1-19(16-20,18-11-6-3-7-12-18)21-25(22,23)14-8-13-24-15-17-9-4-2-5-10-17/h2-7,9-12,21H,8,13-16,20H2,1H3. The number of ether oxygens (including phenoxy) is 1. The van der Waals surface area contributed by atoms with Gasteiger partial charge in [0.25, 0.3) is 0 Å². The van der Waals surface area contributed by atoms with E-state index in [4.69, 9.17) is 10.5 Å². The summed E-state index contributed by atoms with van der Waals surface area (Å²) in [6.07, 6.45) is 0.428. The van der Waals surface area contributed by atoms with E-state index < -0.39 is 15.6 Å². The molecule has 1 atom stereocenters. The second-order valence-corrected chi connectivity index (χ2v) is 8.06. The monoisotopic (exact) mass is 362 g/mol. The quantitative estimate of drug-likeness (QED) is 0.636. The van der Waals surface area contributed by atoms with Gasteiger partial charge in [-0.1, -0.05) is 60.7 Å². The Morgan fingerprint density at radius 1 is 1.04 bits per heavy atom. The molecule has 2 aromatic rings. The molecule has 6 heteroatoms. The summed E-state index contributed by atoms with van der Waals surface area (Å²) in [4.78, 5) is 0. The number of hydrogen-bond acceptors (Lipinski definition) is 4. The molecule has 0 saturated carbocycles. The fourth-order valence-corrected chi connectivity index (χ4v) is 4.02. The van der Waals surface area contributed by atoms with Crippen LogP contribution in [-0.4, -0.2) is 27.3 Å². The molecule has 0 aliphatic rings. The summed E-state index contributed by atoms with van der Waals surface area (Å²) >= 11 is 0. The van der Waals surface area contributed by atoms with E-state index in [0.29, 0.717) is 19.6 Å². The molecule has 0 heterocycles. The van der Waals surface area contributed by atoms with Gasteiger partial charge in [0.15, 0.2) is 0 Å². The Bertz CT molecular complexity index is 736. The molecule has 0 amide bonds. The number of nitrogens with one attached hydrogen (secondary N) is 1. The Morgan fingerprint density at radius 3 is 2.24 bits per heavy atom. The highest BCUT2D eigenvalue weighted by molar-refractivity contribution is 7.89. The van der Waals surface area contributed by atoms with Crippen LogP contribution >= 0.6 is 0 Å². The van der Waals surface area contributed by atoms with Crippen molar-refractivity contribution in [3.63, 3.8) is 0 Å². The average Bonchev–Trinajstić information content (AvgIpc) is 2.62. The van der Waals surface area contributed by atoms with E-state index in [2.05, 4.69) is 4.72 Å². The van der Waals surface area contributed by atoms with Gasteiger partial charge in [0.05, 0.1) is 17.9 Å². The van der Waals surface area contributed by atoms with Crippen molar-refractivity contribution < 1.29 is 13.2 Å². The minimum atomic E-state index is -3.45. The van der Waals surface area contributed by atoms with E-state index in [0.717, 1.165) is 11.1 Å². The third kappa shape index (κ3) is 6.25. The summed E-state index contributed by atoms with van der Waals surface area (Å²) in [7, 11) is -3.45. The van der Waals surface area contributed by atoms with E-state index in [9.17, 15) is 8.42 Å². The molecule has 2 rings (SSSR count). The van der Waals surface area contributed by atoms with Gasteiger partial charge in [-0.05, 0) is 24.5 Å². The van der Waals surface area contributed by atoms with Crippen LogP contribution in [0.15, 0.2) is 60.7 Å². The van der Waals surface area contributed by atoms with Gasteiger partial charge in [-0.15, -0.1) is 0 Å². The Balaban J connectivity index is 1.82. The first kappa shape index (κ1) is 19.6. The van der Waals surface area contributed by atoms with Gasteiger partial charge in [0.1, 0.15) is 0 Å². The summed E-state index contributed by atoms with van der Waals surface area (Å²) < 4.78 is 33.1. The average molecular weight is 362 g/mol. The normalized spacial score (nSPS) is 14.2. The summed E-state index contributed by atoms with van der Waals surface area (Å²) in [5.41, 5.74) is 6.94. The van der Waals surface area contributed by atoms with Gasteiger partial charge in [0.2, 0.25) is 10.0 Å². The Hall–Kier alpha value is -1.73. The van der Waals surface area contributed by atoms with Gasteiger partial charge >= 0.3 is 0 Å². The molecule has 0 saturated heterocycles. The Kier molecular flexibility index (Phi) is 7.13. The number of nitrogens with two attached hydrogens (primary N) is 1. The Morgan fingerprint density at radius 2 is 1.64 bits per heavy atom. The van der Waals surface area contributed by atoms with Gasteiger partial charge in [-0.2, -0.15) is 0 Å². The van der Waals surface area contributed by atoms with Crippen molar-refractivity contribution in [1.82, 2.24) is 4.72 Å². The third-order valence-corrected chi connectivity index (χ3v) is 5.60. The summed E-state index contributed by atoms with van der Waals surface area (Å²) in [6.45, 7) is 2.85. The smallest absolute Gasteiger partial charge is 0.212 e. The lowest BCUT2D eigenvalue weighted by atomic mass is 9.94. The van der Waals surface area contributed by atoms with Crippen molar-refractivity contribution in [2.75, 3.05) is 18.9 Å². The molecule has 0 aliphatic carbocycles. The molecule has 0 spiro atoms. The fraction of sp³-hybridized carbons (Fsp3) is 0.368. The lowest BCUT2D eigenvalue weighted by molar-refractivity contribution is 0.122. The number of sulfonamides is 1. The zero-order chi connectivity index (χ0) is 18.2. The highest BCUT2D eigenvalue weighted by atomic mass is 32.2.